The minimum atomic E-state index is -0.973. The van der Waals surface area contributed by atoms with Gasteiger partial charge in [0.15, 0.2) is 0 Å². The molecule has 0 aliphatic heterocycles. The van der Waals surface area contributed by atoms with E-state index in [-0.39, 0.29) is 11.4 Å². The maximum atomic E-state index is 10.7. The lowest BCUT2D eigenvalue weighted by Gasteiger charge is -2.05. The molecule has 70 valence electrons. The average Bonchev–Trinajstić information content (AvgIpc) is 2.08. The number of carboxylic acids is 1. The number of hydrogen-bond acceptors (Lipinski definition) is 1. The molecule has 0 bridgehead atoms. The number of carbonyl (C=O) groups is 1. The van der Waals surface area contributed by atoms with E-state index in [1.807, 2.05) is 0 Å². The zero-order valence-electron chi connectivity index (χ0n) is 6.35. The maximum absolute atomic E-state index is 10.7. The van der Waals surface area contributed by atoms with Gasteiger partial charge in [0.25, 0.3) is 0 Å². The molecule has 0 atom stereocenters. The molecule has 0 unspecified atom stereocenters. The molecule has 0 aromatic heterocycles. The lowest BCUT2D eigenvalue weighted by molar-refractivity contribution is 0.0695. The molecule has 0 fully saturated rings. The van der Waals surface area contributed by atoms with Crippen LogP contribution in [0.2, 0.25) is 0 Å². The standard InChI is InChI=1S/C8H5Br2ClO2/c9-5-1-4(3-11)7(10)6(2-5)8(12)13/h1-2H,3H2,(H,12,13). The Morgan fingerprint density at radius 3 is 2.54 bits per heavy atom. The Morgan fingerprint density at radius 1 is 1.46 bits per heavy atom. The Hall–Kier alpha value is -0.0600. The molecule has 2 nitrogen and oxygen atoms in total. The summed E-state index contributed by atoms with van der Waals surface area (Å²) in [7, 11) is 0. The third kappa shape index (κ3) is 2.45. The molecule has 1 aromatic carbocycles. The topological polar surface area (TPSA) is 37.3 Å². The van der Waals surface area contributed by atoms with E-state index in [1.165, 1.54) is 6.07 Å². The van der Waals surface area contributed by atoms with Crippen LogP contribution in [0, 0.1) is 0 Å². The van der Waals surface area contributed by atoms with Crippen molar-refractivity contribution in [3.05, 3.63) is 32.2 Å². The highest BCUT2D eigenvalue weighted by molar-refractivity contribution is 9.11. The van der Waals surface area contributed by atoms with E-state index in [0.29, 0.717) is 8.95 Å². The molecule has 0 heterocycles. The summed E-state index contributed by atoms with van der Waals surface area (Å²) in [6.45, 7) is 0. The summed E-state index contributed by atoms with van der Waals surface area (Å²) in [6, 6.07) is 3.31. The minimum absolute atomic E-state index is 0.213. The van der Waals surface area contributed by atoms with Crippen molar-refractivity contribution in [1.82, 2.24) is 0 Å². The molecule has 1 N–H and O–H groups in total. The highest BCUT2D eigenvalue weighted by Gasteiger charge is 2.12. The van der Waals surface area contributed by atoms with Gasteiger partial charge in [0.1, 0.15) is 0 Å². The van der Waals surface area contributed by atoms with Gasteiger partial charge in [-0.2, -0.15) is 0 Å². The molecular formula is C8H5Br2ClO2. The molecular weight excluding hydrogens is 323 g/mol. The van der Waals surface area contributed by atoms with Gasteiger partial charge in [-0.25, -0.2) is 4.79 Å². The zero-order valence-corrected chi connectivity index (χ0v) is 10.3. The first-order valence-electron chi connectivity index (χ1n) is 3.33. The second-order valence-electron chi connectivity index (χ2n) is 2.37. The summed E-state index contributed by atoms with van der Waals surface area (Å²) in [5.41, 5.74) is 0.971. The molecule has 0 saturated heterocycles. The van der Waals surface area contributed by atoms with Crippen molar-refractivity contribution >= 4 is 49.4 Å². The van der Waals surface area contributed by atoms with E-state index in [0.717, 1.165) is 5.56 Å². The second kappa shape index (κ2) is 4.44. The number of carboxylic acid groups (broad SMARTS) is 1. The summed E-state index contributed by atoms with van der Waals surface area (Å²) >= 11 is 12.0. The van der Waals surface area contributed by atoms with Crippen LogP contribution in [-0.4, -0.2) is 11.1 Å². The van der Waals surface area contributed by atoms with Gasteiger partial charge in [-0.3, -0.25) is 0 Å². The van der Waals surface area contributed by atoms with E-state index in [4.69, 9.17) is 16.7 Å². The normalized spacial score (nSPS) is 10.1. The molecule has 0 aliphatic carbocycles. The van der Waals surface area contributed by atoms with Gasteiger partial charge >= 0.3 is 5.97 Å². The monoisotopic (exact) mass is 326 g/mol. The largest absolute Gasteiger partial charge is 0.478 e. The average molecular weight is 328 g/mol. The van der Waals surface area contributed by atoms with Crippen molar-refractivity contribution in [3.63, 3.8) is 0 Å². The van der Waals surface area contributed by atoms with Crippen LogP contribution in [0.5, 0.6) is 0 Å². The Kier molecular flexibility index (Phi) is 3.76. The third-order valence-corrected chi connectivity index (χ3v) is 3.17. The Bertz CT molecular complexity index is 352. The van der Waals surface area contributed by atoms with Gasteiger partial charge in [-0.05, 0) is 33.6 Å². The van der Waals surface area contributed by atoms with Crippen molar-refractivity contribution in [1.29, 1.82) is 0 Å². The summed E-state index contributed by atoms with van der Waals surface area (Å²) in [6.07, 6.45) is 0. The zero-order chi connectivity index (χ0) is 10.0. The van der Waals surface area contributed by atoms with Crippen LogP contribution in [0.4, 0.5) is 0 Å². The summed E-state index contributed by atoms with van der Waals surface area (Å²) in [5, 5.41) is 8.82. The second-order valence-corrected chi connectivity index (χ2v) is 4.34. The Labute approximate surface area is 97.2 Å². The number of hydrogen-bond donors (Lipinski definition) is 1. The van der Waals surface area contributed by atoms with Crippen molar-refractivity contribution in [2.75, 3.05) is 0 Å². The fourth-order valence-corrected chi connectivity index (χ4v) is 2.31. The molecule has 0 amide bonds. The van der Waals surface area contributed by atoms with Crippen molar-refractivity contribution in [2.45, 2.75) is 5.88 Å². The molecule has 1 rings (SSSR count). The highest BCUT2D eigenvalue weighted by Crippen LogP contribution is 2.27. The van der Waals surface area contributed by atoms with E-state index >= 15 is 0 Å². The van der Waals surface area contributed by atoms with E-state index in [2.05, 4.69) is 31.9 Å². The van der Waals surface area contributed by atoms with Crippen LogP contribution in [0.3, 0.4) is 0 Å². The predicted octanol–water partition coefficient (Wildman–Crippen LogP) is 3.65. The van der Waals surface area contributed by atoms with Crippen molar-refractivity contribution < 1.29 is 9.90 Å². The lowest BCUT2D eigenvalue weighted by atomic mass is 10.1. The van der Waals surface area contributed by atoms with E-state index in [1.54, 1.807) is 6.07 Å². The van der Waals surface area contributed by atoms with Gasteiger partial charge in [-0.15, -0.1) is 11.6 Å². The van der Waals surface area contributed by atoms with Crippen LogP contribution in [0.15, 0.2) is 21.1 Å². The Balaban J connectivity index is 3.35. The summed E-state index contributed by atoms with van der Waals surface area (Å²) < 4.78 is 1.25. The first-order chi connectivity index (χ1) is 6.06. The molecule has 0 radical (unpaired) electrons. The molecule has 5 heteroatoms. The van der Waals surface area contributed by atoms with Crippen molar-refractivity contribution in [3.8, 4) is 0 Å². The Morgan fingerprint density at radius 2 is 2.08 bits per heavy atom. The third-order valence-electron chi connectivity index (χ3n) is 1.49. The number of benzene rings is 1. The van der Waals surface area contributed by atoms with Crippen LogP contribution in [0.1, 0.15) is 15.9 Å². The van der Waals surface area contributed by atoms with Gasteiger partial charge in [0, 0.05) is 14.8 Å². The van der Waals surface area contributed by atoms with Gasteiger partial charge in [-0.1, -0.05) is 15.9 Å². The molecule has 0 saturated carbocycles. The van der Waals surface area contributed by atoms with Crippen LogP contribution >= 0.6 is 43.5 Å². The number of halogens is 3. The predicted molar refractivity (Wildman–Crippen MR) is 58.4 cm³/mol. The van der Waals surface area contributed by atoms with Crippen LogP contribution in [0.25, 0.3) is 0 Å². The van der Waals surface area contributed by atoms with Gasteiger partial charge in [0.2, 0.25) is 0 Å². The van der Waals surface area contributed by atoms with Gasteiger partial charge < -0.3 is 5.11 Å². The van der Waals surface area contributed by atoms with E-state index in [9.17, 15) is 4.79 Å². The van der Waals surface area contributed by atoms with Gasteiger partial charge in [0.05, 0.1) is 5.56 Å². The molecule has 0 spiro atoms. The quantitative estimate of drug-likeness (QED) is 0.842. The SMILES string of the molecule is O=C(O)c1cc(Br)cc(CCl)c1Br. The summed E-state index contributed by atoms with van der Waals surface area (Å²) in [4.78, 5) is 10.7. The van der Waals surface area contributed by atoms with Crippen LogP contribution < -0.4 is 0 Å². The first-order valence-corrected chi connectivity index (χ1v) is 5.45. The molecule has 0 aliphatic rings. The van der Waals surface area contributed by atoms with Crippen LogP contribution in [-0.2, 0) is 5.88 Å². The fourth-order valence-electron chi connectivity index (χ4n) is 0.899. The number of aromatic carboxylic acids is 1. The molecule has 13 heavy (non-hydrogen) atoms. The maximum Gasteiger partial charge on any atom is 0.336 e. The summed E-state index contributed by atoms with van der Waals surface area (Å²) in [5.74, 6) is -0.695. The van der Waals surface area contributed by atoms with Crippen molar-refractivity contribution in [2.24, 2.45) is 0 Å². The number of alkyl halides is 1. The number of rotatable bonds is 2. The minimum Gasteiger partial charge on any atom is -0.478 e. The highest BCUT2D eigenvalue weighted by atomic mass is 79.9. The molecule has 1 aromatic rings. The van der Waals surface area contributed by atoms with E-state index < -0.39 is 5.97 Å². The fraction of sp³-hybridized carbons (Fsp3) is 0.125. The first kappa shape index (κ1) is 11.0. The lowest BCUT2D eigenvalue weighted by Crippen LogP contribution is -1.99. The smallest absolute Gasteiger partial charge is 0.336 e.